The van der Waals surface area contributed by atoms with E-state index in [1.54, 1.807) is 4.90 Å². The highest BCUT2D eigenvalue weighted by Gasteiger charge is 2.45. The molecule has 4 heteroatoms. The molecule has 2 unspecified atom stereocenters. The van der Waals surface area contributed by atoms with Gasteiger partial charge in [-0.3, -0.25) is 9.59 Å². The molecule has 0 bridgehead atoms. The fourth-order valence-electron chi connectivity index (χ4n) is 2.51. The van der Waals surface area contributed by atoms with Gasteiger partial charge in [0, 0.05) is 6.54 Å². The molecule has 1 aliphatic rings. The standard InChI is InChI=1S/C14H26N2O2/c1-7-10-13(18)16(8-9(2)3)11(12(17)15-10)14(4,5)6/h9-11H,7-8H2,1-6H3,(H,15,17). The number of hydrogen-bond donors (Lipinski definition) is 1. The zero-order valence-electron chi connectivity index (χ0n) is 12.4. The van der Waals surface area contributed by atoms with Gasteiger partial charge in [0.2, 0.25) is 11.8 Å². The number of piperazine rings is 1. The Labute approximate surface area is 110 Å². The molecule has 1 rings (SSSR count). The molecule has 0 aromatic rings. The number of rotatable bonds is 3. The Morgan fingerprint density at radius 2 is 1.83 bits per heavy atom. The van der Waals surface area contributed by atoms with Crippen LogP contribution < -0.4 is 5.32 Å². The van der Waals surface area contributed by atoms with E-state index in [9.17, 15) is 9.59 Å². The molecular formula is C14H26N2O2. The Bertz CT molecular complexity index is 331. The lowest BCUT2D eigenvalue weighted by molar-refractivity contribution is -0.154. The summed E-state index contributed by atoms with van der Waals surface area (Å²) in [5.41, 5.74) is -0.243. The maximum Gasteiger partial charge on any atom is 0.245 e. The highest BCUT2D eigenvalue weighted by atomic mass is 16.2. The molecule has 0 saturated carbocycles. The lowest BCUT2D eigenvalue weighted by atomic mass is 9.82. The zero-order valence-corrected chi connectivity index (χ0v) is 12.4. The predicted octanol–water partition coefficient (Wildman–Crippen LogP) is 1.79. The molecular weight excluding hydrogens is 228 g/mol. The second-order valence-electron chi connectivity index (χ2n) is 6.62. The Morgan fingerprint density at radius 3 is 2.22 bits per heavy atom. The molecule has 4 nitrogen and oxygen atoms in total. The van der Waals surface area contributed by atoms with Crippen LogP contribution in [0, 0.1) is 11.3 Å². The van der Waals surface area contributed by atoms with Gasteiger partial charge in [-0.25, -0.2) is 0 Å². The van der Waals surface area contributed by atoms with Crippen molar-refractivity contribution in [3.63, 3.8) is 0 Å². The van der Waals surface area contributed by atoms with E-state index in [2.05, 4.69) is 19.2 Å². The van der Waals surface area contributed by atoms with Gasteiger partial charge in [-0.05, 0) is 17.8 Å². The smallest absolute Gasteiger partial charge is 0.245 e. The first-order valence-electron chi connectivity index (χ1n) is 6.79. The second-order valence-corrected chi connectivity index (χ2v) is 6.62. The molecule has 1 N–H and O–H groups in total. The minimum Gasteiger partial charge on any atom is -0.342 e. The topological polar surface area (TPSA) is 49.4 Å². The minimum atomic E-state index is -0.366. The molecule has 104 valence electrons. The molecule has 1 heterocycles. The van der Waals surface area contributed by atoms with Crippen molar-refractivity contribution in [3.05, 3.63) is 0 Å². The SMILES string of the molecule is CCC1NC(=O)C(C(C)(C)C)N(CC(C)C)C1=O. The number of hydrogen-bond acceptors (Lipinski definition) is 2. The summed E-state index contributed by atoms with van der Waals surface area (Å²) in [6, 6.07) is -0.718. The van der Waals surface area contributed by atoms with E-state index in [0.29, 0.717) is 18.9 Å². The van der Waals surface area contributed by atoms with Crippen molar-refractivity contribution in [2.45, 2.75) is 60.0 Å². The summed E-state index contributed by atoms with van der Waals surface area (Å²) >= 11 is 0. The Balaban J connectivity index is 3.06. The van der Waals surface area contributed by atoms with Crippen LogP contribution in [0.2, 0.25) is 0 Å². The Hall–Kier alpha value is -1.06. The molecule has 0 aliphatic carbocycles. The van der Waals surface area contributed by atoms with Gasteiger partial charge in [0.1, 0.15) is 12.1 Å². The van der Waals surface area contributed by atoms with Crippen molar-refractivity contribution in [1.82, 2.24) is 10.2 Å². The van der Waals surface area contributed by atoms with Crippen LogP contribution in [0.25, 0.3) is 0 Å². The molecule has 0 aromatic heterocycles. The van der Waals surface area contributed by atoms with Crippen molar-refractivity contribution in [1.29, 1.82) is 0 Å². The van der Waals surface area contributed by atoms with Gasteiger partial charge >= 0.3 is 0 Å². The maximum atomic E-state index is 12.4. The molecule has 1 fully saturated rings. The molecule has 1 aliphatic heterocycles. The van der Waals surface area contributed by atoms with Crippen LogP contribution in [0.4, 0.5) is 0 Å². The maximum absolute atomic E-state index is 12.4. The summed E-state index contributed by atoms with van der Waals surface area (Å²) in [7, 11) is 0. The van der Waals surface area contributed by atoms with Gasteiger partial charge in [0.25, 0.3) is 0 Å². The number of carbonyl (C=O) groups is 2. The molecule has 0 radical (unpaired) electrons. The van der Waals surface area contributed by atoms with Crippen molar-refractivity contribution >= 4 is 11.8 Å². The number of carbonyl (C=O) groups excluding carboxylic acids is 2. The summed E-state index contributed by atoms with van der Waals surface area (Å²) in [6.45, 7) is 12.7. The van der Waals surface area contributed by atoms with Crippen LogP contribution in [0.5, 0.6) is 0 Å². The predicted molar refractivity (Wildman–Crippen MR) is 72.0 cm³/mol. The van der Waals surface area contributed by atoms with E-state index in [4.69, 9.17) is 0 Å². The lowest BCUT2D eigenvalue weighted by Gasteiger charge is -2.45. The van der Waals surface area contributed by atoms with Crippen LogP contribution in [0.3, 0.4) is 0 Å². The summed E-state index contributed by atoms with van der Waals surface area (Å²) in [5.74, 6) is 0.405. The number of nitrogens with zero attached hydrogens (tertiary/aromatic N) is 1. The minimum absolute atomic E-state index is 0.0189. The van der Waals surface area contributed by atoms with E-state index in [1.807, 2.05) is 27.7 Å². The van der Waals surface area contributed by atoms with Gasteiger partial charge < -0.3 is 10.2 Å². The molecule has 18 heavy (non-hydrogen) atoms. The van der Waals surface area contributed by atoms with Crippen molar-refractivity contribution < 1.29 is 9.59 Å². The summed E-state index contributed by atoms with van der Waals surface area (Å²) in [5, 5.41) is 2.85. The van der Waals surface area contributed by atoms with Gasteiger partial charge in [-0.1, -0.05) is 41.5 Å². The normalized spacial score (nSPS) is 25.6. The number of amides is 2. The van der Waals surface area contributed by atoms with Crippen LogP contribution in [0.1, 0.15) is 48.0 Å². The van der Waals surface area contributed by atoms with E-state index in [0.717, 1.165) is 0 Å². The van der Waals surface area contributed by atoms with E-state index >= 15 is 0 Å². The fraction of sp³-hybridized carbons (Fsp3) is 0.857. The van der Waals surface area contributed by atoms with Crippen LogP contribution in [-0.2, 0) is 9.59 Å². The van der Waals surface area contributed by atoms with E-state index in [-0.39, 0.29) is 29.3 Å². The molecule has 0 aromatic carbocycles. The van der Waals surface area contributed by atoms with Gasteiger partial charge in [0.05, 0.1) is 0 Å². The third-order valence-corrected chi connectivity index (χ3v) is 3.25. The first kappa shape index (κ1) is 15.0. The van der Waals surface area contributed by atoms with Crippen molar-refractivity contribution in [2.75, 3.05) is 6.54 Å². The summed E-state index contributed by atoms with van der Waals surface area (Å²) < 4.78 is 0. The average Bonchev–Trinajstić information content (AvgIpc) is 2.20. The third-order valence-electron chi connectivity index (χ3n) is 3.25. The average molecular weight is 254 g/mol. The van der Waals surface area contributed by atoms with Gasteiger partial charge in [-0.2, -0.15) is 0 Å². The molecule has 2 atom stereocenters. The summed E-state index contributed by atoms with van der Waals surface area (Å²) in [6.07, 6.45) is 0.649. The quantitative estimate of drug-likeness (QED) is 0.835. The number of nitrogens with one attached hydrogen (secondary N) is 1. The summed E-state index contributed by atoms with van der Waals surface area (Å²) in [4.78, 5) is 26.4. The molecule has 1 saturated heterocycles. The molecule has 2 amide bonds. The monoisotopic (exact) mass is 254 g/mol. The Kier molecular flexibility index (Phi) is 4.41. The lowest BCUT2D eigenvalue weighted by Crippen LogP contribution is -2.67. The highest BCUT2D eigenvalue weighted by Crippen LogP contribution is 2.28. The van der Waals surface area contributed by atoms with Crippen molar-refractivity contribution in [2.24, 2.45) is 11.3 Å². The first-order chi connectivity index (χ1) is 8.18. The van der Waals surface area contributed by atoms with Gasteiger partial charge in [-0.15, -0.1) is 0 Å². The second kappa shape index (κ2) is 5.29. The largest absolute Gasteiger partial charge is 0.342 e. The van der Waals surface area contributed by atoms with Gasteiger partial charge in [0.15, 0.2) is 0 Å². The van der Waals surface area contributed by atoms with Crippen molar-refractivity contribution in [3.8, 4) is 0 Å². The van der Waals surface area contributed by atoms with E-state index < -0.39 is 0 Å². The highest BCUT2D eigenvalue weighted by molar-refractivity contribution is 5.97. The van der Waals surface area contributed by atoms with Crippen LogP contribution in [-0.4, -0.2) is 35.3 Å². The van der Waals surface area contributed by atoms with Crippen LogP contribution >= 0.6 is 0 Å². The molecule has 0 spiro atoms. The zero-order chi connectivity index (χ0) is 14.1. The fourth-order valence-corrected chi connectivity index (χ4v) is 2.51. The third kappa shape index (κ3) is 3.03. The Morgan fingerprint density at radius 1 is 1.28 bits per heavy atom. The van der Waals surface area contributed by atoms with Crippen LogP contribution in [0.15, 0.2) is 0 Å². The first-order valence-corrected chi connectivity index (χ1v) is 6.79. The van der Waals surface area contributed by atoms with E-state index in [1.165, 1.54) is 0 Å².